The quantitative estimate of drug-likeness (QED) is 0.628. The van der Waals surface area contributed by atoms with E-state index in [-0.39, 0.29) is 17.8 Å². The lowest BCUT2D eigenvalue weighted by Gasteiger charge is -2.08. The topological polar surface area (TPSA) is 75.5 Å². The van der Waals surface area contributed by atoms with Crippen LogP contribution in [0.4, 0.5) is 0 Å². The van der Waals surface area contributed by atoms with E-state index in [0.29, 0.717) is 30.2 Å². The highest BCUT2D eigenvalue weighted by atomic mass is 16.5. The zero-order valence-corrected chi connectivity index (χ0v) is 15.5. The molecule has 0 atom stereocenters. The molecule has 3 aromatic rings. The Morgan fingerprint density at radius 1 is 1.04 bits per heavy atom. The predicted molar refractivity (Wildman–Crippen MR) is 96.4 cm³/mol. The molecule has 0 bridgehead atoms. The van der Waals surface area contributed by atoms with Crippen molar-refractivity contribution >= 4 is 16.9 Å². The molecule has 0 aromatic carbocycles. The van der Waals surface area contributed by atoms with E-state index in [4.69, 9.17) is 4.74 Å². The lowest BCUT2D eigenvalue weighted by molar-refractivity contribution is 0.137. The number of fused-ring (bicyclic) bond motifs is 3. The molecular formula is C17H25N5O3. The van der Waals surface area contributed by atoms with E-state index in [9.17, 15) is 9.59 Å². The van der Waals surface area contributed by atoms with Crippen molar-refractivity contribution in [1.29, 1.82) is 0 Å². The molecule has 3 rings (SSSR count). The first-order valence-electron chi connectivity index (χ1n) is 8.69. The highest BCUT2D eigenvalue weighted by molar-refractivity contribution is 5.76. The summed E-state index contributed by atoms with van der Waals surface area (Å²) in [5.41, 5.74) is 2.24. The normalized spacial score (nSPS) is 11.9. The SMILES string of the molecule is CCCn1c(C)c(C)n2c3c(=O)n(CCOCC)c(=O)n(C)c3nc12. The fourth-order valence-corrected chi connectivity index (χ4v) is 3.30. The highest BCUT2D eigenvalue weighted by Crippen LogP contribution is 2.20. The monoisotopic (exact) mass is 347 g/mol. The average Bonchev–Trinajstić information content (AvgIpc) is 3.08. The van der Waals surface area contributed by atoms with Gasteiger partial charge in [0.1, 0.15) is 0 Å². The van der Waals surface area contributed by atoms with Gasteiger partial charge in [-0.05, 0) is 27.2 Å². The molecule has 8 heteroatoms. The average molecular weight is 347 g/mol. The molecule has 0 radical (unpaired) electrons. The van der Waals surface area contributed by atoms with Crippen molar-refractivity contribution in [2.75, 3.05) is 13.2 Å². The van der Waals surface area contributed by atoms with E-state index in [0.717, 1.165) is 24.4 Å². The first kappa shape index (κ1) is 17.5. The smallest absolute Gasteiger partial charge is 0.332 e. The van der Waals surface area contributed by atoms with E-state index in [1.807, 2.05) is 25.2 Å². The number of aryl methyl sites for hydroxylation is 3. The summed E-state index contributed by atoms with van der Waals surface area (Å²) in [5, 5.41) is 0. The van der Waals surface area contributed by atoms with Gasteiger partial charge < -0.3 is 9.30 Å². The van der Waals surface area contributed by atoms with Crippen molar-refractivity contribution in [3.63, 3.8) is 0 Å². The standard InChI is InChI=1S/C17H25N5O3/c1-6-8-20-11(3)12(4)22-13-14(18-16(20)22)19(5)17(24)21(15(13)23)9-10-25-7-2/h6-10H2,1-5H3. The molecular weight excluding hydrogens is 322 g/mol. The molecule has 25 heavy (non-hydrogen) atoms. The van der Waals surface area contributed by atoms with Crippen molar-refractivity contribution in [2.24, 2.45) is 7.05 Å². The molecule has 0 unspecified atom stereocenters. The fourth-order valence-electron chi connectivity index (χ4n) is 3.30. The molecule has 0 amide bonds. The molecule has 0 saturated heterocycles. The summed E-state index contributed by atoms with van der Waals surface area (Å²) in [6.45, 7) is 9.92. The molecule has 0 aliphatic carbocycles. The minimum absolute atomic E-state index is 0.232. The van der Waals surface area contributed by atoms with Crippen molar-refractivity contribution in [3.05, 3.63) is 32.2 Å². The second-order valence-electron chi connectivity index (χ2n) is 6.24. The van der Waals surface area contributed by atoms with Crippen LogP contribution in [0.1, 0.15) is 31.7 Å². The van der Waals surface area contributed by atoms with Gasteiger partial charge in [-0.1, -0.05) is 6.92 Å². The number of ether oxygens (including phenoxy) is 1. The molecule has 0 spiro atoms. The molecule has 3 aromatic heterocycles. The summed E-state index contributed by atoms with van der Waals surface area (Å²) in [5.74, 6) is 0.710. The second kappa shape index (κ2) is 6.51. The minimum atomic E-state index is -0.366. The van der Waals surface area contributed by atoms with Gasteiger partial charge in [0.05, 0.1) is 13.2 Å². The molecule has 136 valence electrons. The first-order chi connectivity index (χ1) is 11.9. The van der Waals surface area contributed by atoms with E-state index >= 15 is 0 Å². The van der Waals surface area contributed by atoms with Crippen LogP contribution >= 0.6 is 0 Å². The van der Waals surface area contributed by atoms with Gasteiger partial charge in [0.25, 0.3) is 5.56 Å². The maximum atomic E-state index is 13.0. The van der Waals surface area contributed by atoms with Crippen LogP contribution in [0, 0.1) is 13.8 Å². The zero-order chi connectivity index (χ0) is 18.3. The van der Waals surface area contributed by atoms with Gasteiger partial charge in [0.2, 0.25) is 5.78 Å². The summed E-state index contributed by atoms with van der Waals surface area (Å²) < 4.78 is 12.0. The van der Waals surface area contributed by atoms with Crippen molar-refractivity contribution in [3.8, 4) is 0 Å². The highest BCUT2D eigenvalue weighted by Gasteiger charge is 2.22. The molecule has 0 aliphatic heterocycles. The van der Waals surface area contributed by atoms with Crippen molar-refractivity contribution < 1.29 is 4.74 Å². The van der Waals surface area contributed by atoms with Crippen molar-refractivity contribution in [1.82, 2.24) is 23.1 Å². The Kier molecular flexibility index (Phi) is 4.55. The summed E-state index contributed by atoms with van der Waals surface area (Å²) in [7, 11) is 1.65. The van der Waals surface area contributed by atoms with Crippen LogP contribution in [0.3, 0.4) is 0 Å². The maximum absolute atomic E-state index is 13.0. The van der Waals surface area contributed by atoms with Crippen LogP contribution < -0.4 is 11.2 Å². The van der Waals surface area contributed by atoms with Crippen LogP contribution in [-0.2, 0) is 24.9 Å². The fraction of sp³-hybridized carbons (Fsp3) is 0.588. The van der Waals surface area contributed by atoms with Crippen LogP contribution in [0.2, 0.25) is 0 Å². The van der Waals surface area contributed by atoms with Crippen LogP contribution in [0.5, 0.6) is 0 Å². The van der Waals surface area contributed by atoms with E-state index in [1.54, 1.807) is 7.05 Å². The van der Waals surface area contributed by atoms with Gasteiger partial charge in [-0.2, -0.15) is 4.98 Å². The number of nitrogens with zero attached hydrogens (tertiary/aromatic N) is 5. The molecule has 0 N–H and O–H groups in total. The Labute approximate surface area is 145 Å². The number of imidazole rings is 2. The van der Waals surface area contributed by atoms with E-state index in [1.165, 1.54) is 9.13 Å². The van der Waals surface area contributed by atoms with Crippen LogP contribution in [0.15, 0.2) is 9.59 Å². The van der Waals surface area contributed by atoms with Gasteiger partial charge in [-0.25, -0.2) is 4.79 Å². The Bertz CT molecular complexity index is 1050. The van der Waals surface area contributed by atoms with Gasteiger partial charge in [0.15, 0.2) is 11.2 Å². The predicted octanol–water partition coefficient (Wildman–Crippen LogP) is 1.21. The third-order valence-corrected chi connectivity index (χ3v) is 4.74. The van der Waals surface area contributed by atoms with Crippen molar-refractivity contribution in [2.45, 2.75) is 47.2 Å². The number of hydrogen-bond donors (Lipinski definition) is 0. The number of rotatable bonds is 6. The second-order valence-corrected chi connectivity index (χ2v) is 6.24. The van der Waals surface area contributed by atoms with E-state index < -0.39 is 0 Å². The maximum Gasteiger partial charge on any atom is 0.332 e. The first-order valence-corrected chi connectivity index (χ1v) is 8.69. The van der Waals surface area contributed by atoms with Gasteiger partial charge in [-0.3, -0.25) is 18.3 Å². The Morgan fingerprint density at radius 2 is 1.76 bits per heavy atom. The van der Waals surface area contributed by atoms with E-state index in [2.05, 4.69) is 16.5 Å². The molecule has 3 heterocycles. The largest absolute Gasteiger partial charge is 0.380 e. The van der Waals surface area contributed by atoms with Crippen LogP contribution in [0.25, 0.3) is 16.9 Å². The van der Waals surface area contributed by atoms with Gasteiger partial charge in [-0.15, -0.1) is 0 Å². The zero-order valence-electron chi connectivity index (χ0n) is 15.5. The number of aromatic nitrogens is 5. The Morgan fingerprint density at radius 3 is 2.40 bits per heavy atom. The molecule has 8 nitrogen and oxygen atoms in total. The lowest BCUT2D eigenvalue weighted by atomic mass is 10.3. The summed E-state index contributed by atoms with van der Waals surface area (Å²) >= 11 is 0. The summed E-state index contributed by atoms with van der Waals surface area (Å²) in [6, 6.07) is 0. The van der Waals surface area contributed by atoms with Crippen LogP contribution in [-0.4, -0.2) is 36.3 Å². The number of hydrogen-bond acceptors (Lipinski definition) is 4. The third-order valence-electron chi connectivity index (χ3n) is 4.74. The minimum Gasteiger partial charge on any atom is -0.380 e. The van der Waals surface area contributed by atoms with Gasteiger partial charge >= 0.3 is 5.69 Å². The van der Waals surface area contributed by atoms with Gasteiger partial charge in [0, 0.05) is 31.6 Å². The molecule has 0 aliphatic rings. The Hall–Kier alpha value is -2.35. The third kappa shape index (κ3) is 2.52. The Balaban J connectivity index is 2.37. The summed E-state index contributed by atoms with van der Waals surface area (Å²) in [4.78, 5) is 30.2. The lowest BCUT2D eigenvalue weighted by Crippen LogP contribution is -2.40. The molecule has 0 fully saturated rings. The molecule has 0 saturated carbocycles. The summed E-state index contributed by atoms with van der Waals surface area (Å²) in [6.07, 6.45) is 0.964.